The van der Waals surface area contributed by atoms with E-state index >= 15 is 0 Å². The summed E-state index contributed by atoms with van der Waals surface area (Å²) in [6.07, 6.45) is 0.906. The van der Waals surface area contributed by atoms with Crippen molar-refractivity contribution in [2.45, 2.75) is 25.5 Å². The Hall–Kier alpha value is -1.79. The number of carbonyl (C=O) groups is 1. The monoisotopic (exact) mass is 334 g/mol. The van der Waals surface area contributed by atoms with Crippen LogP contribution in [0.5, 0.6) is 11.5 Å². The largest absolute Gasteiger partial charge is 0.493 e. The van der Waals surface area contributed by atoms with E-state index in [1.807, 2.05) is 24.1 Å². The molecule has 0 spiro atoms. The van der Waals surface area contributed by atoms with Gasteiger partial charge in [0.1, 0.15) is 0 Å². The molecule has 0 unspecified atom stereocenters. The van der Waals surface area contributed by atoms with E-state index in [-0.39, 0.29) is 11.8 Å². The van der Waals surface area contributed by atoms with Gasteiger partial charge in [0.25, 0.3) is 0 Å². The van der Waals surface area contributed by atoms with Crippen LogP contribution in [-0.4, -0.2) is 67.8 Å². The predicted molar refractivity (Wildman–Crippen MR) is 90.3 cm³/mol. The molecule has 0 bridgehead atoms. The zero-order chi connectivity index (χ0) is 17.3. The second kappa shape index (κ2) is 6.99. The number of carbonyl (C=O) groups excluding carboxylic acids is 1. The lowest BCUT2D eigenvalue weighted by molar-refractivity contribution is -0.143. The second-order valence-corrected chi connectivity index (χ2v) is 6.71. The molecule has 2 atom stereocenters. The Morgan fingerprint density at radius 3 is 2.50 bits per heavy atom. The van der Waals surface area contributed by atoms with E-state index in [1.165, 1.54) is 5.56 Å². The number of ether oxygens (including phenoxy) is 2. The van der Waals surface area contributed by atoms with Crippen molar-refractivity contribution in [2.24, 2.45) is 5.92 Å². The Morgan fingerprint density at radius 2 is 1.83 bits per heavy atom. The number of rotatable bonds is 3. The molecule has 0 aliphatic carbocycles. The Balaban J connectivity index is 1.78. The summed E-state index contributed by atoms with van der Waals surface area (Å²) in [7, 11) is 5.24. The number of piperidine rings is 1. The average molecular weight is 334 g/mol. The number of nitrogens with zero attached hydrogens (tertiary/aromatic N) is 2. The Labute approximate surface area is 143 Å². The second-order valence-electron chi connectivity index (χ2n) is 6.71. The van der Waals surface area contributed by atoms with Crippen molar-refractivity contribution < 1.29 is 19.4 Å². The number of methoxy groups -OCH3 is 2. The van der Waals surface area contributed by atoms with Crippen molar-refractivity contribution in [3.05, 3.63) is 23.3 Å². The van der Waals surface area contributed by atoms with Gasteiger partial charge >= 0.3 is 0 Å². The number of aliphatic hydroxyl groups excluding tert-OH is 1. The number of aliphatic hydroxyl groups is 1. The summed E-state index contributed by atoms with van der Waals surface area (Å²) in [6.45, 7) is 2.69. The molecule has 2 aliphatic rings. The summed E-state index contributed by atoms with van der Waals surface area (Å²) in [6, 6.07) is 3.95. The lowest BCUT2D eigenvalue weighted by Crippen LogP contribution is -2.50. The van der Waals surface area contributed by atoms with Crippen molar-refractivity contribution >= 4 is 5.91 Å². The SMILES string of the molecule is COc1cc2c(cc1OC)CN(C(=O)[C@@H]1CN(C)CC[C@H]1O)CC2. The first-order valence-corrected chi connectivity index (χ1v) is 8.42. The number of hydrogen-bond donors (Lipinski definition) is 1. The van der Waals surface area contributed by atoms with Gasteiger partial charge in [-0.3, -0.25) is 4.79 Å². The first-order chi connectivity index (χ1) is 11.5. The summed E-state index contributed by atoms with van der Waals surface area (Å²) in [5.41, 5.74) is 2.28. The van der Waals surface area contributed by atoms with Gasteiger partial charge in [-0.25, -0.2) is 0 Å². The molecule has 6 heteroatoms. The third-order valence-electron chi connectivity index (χ3n) is 5.13. The molecule has 0 radical (unpaired) electrons. The molecule has 1 amide bonds. The summed E-state index contributed by atoms with van der Waals surface area (Å²) < 4.78 is 10.7. The van der Waals surface area contributed by atoms with Gasteiger partial charge < -0.3 is 24.4 Å². The Morgan fingerprint density at radius 1 is 1.17 bits per heavy atom. The van der Waals surface area contributed by atoms with E-state index in [0.29, 0.717) is 31.8 Å². The molecule has 2 heterocycles. The van der Waals surface area contributed by atoms with Gasteiger partial charge in [-0.05, 0) is 43.1 Å². The molecule has 1 aromatic carbocycles. The number of likely N-dealkylation sites (tertiary alicyclic amines) is 1. The maximum Gasteiger partial charge on any atom is 0.229 e. The van der Waals surface area contributed by atoms with Crippen molar-refractivity contribution in [3.8, 4) is 11.5 Å². The van der Waals surface area contributed by atoms with Gasteiger partial charge in [-0.2, -0.15) is 0 Å². The average Bonchev–Trinajstić information content (AvgIpc) is 2.61. The summed E-state index contributed by atoms with van der Waals surface area (Å²) in [4.78, 5) is 16.9. The van der Waals surface area contributed by atoms with Crippen LogP contribution < -0.4 is 9.47 Å². The normalized spacial score (nSPS) is 24.4. The van der Waals surface area contributed by atoms with Crippen LogP contribution in [-0.2, 0) is 17.8 Å². The van der Waals surface area contributed by atoms with Crippen LogP contribution in [0.4, 0.5) is 0 Å². The zero-order valence-electron chi connectivity index (χ0n) is 14.6. The summed E-state index contributed by atoms with van der Waals surface area (Å²) >= 11 is 0. The third kappa shape index (κ3) is 3.21. The molecular weight excluding hydrogens is 308 g/mol. The molecule has 0 aromatic heterocycles. The maximum atomic E-state index is 12.9. The predicted octanol–water partition coefficient (Wildman–Crippen LogP) is 0.901. The van der Waals surface area contributed by atoms with Gasteiger partial charge in [-0.15, -0.1) is 0 Å². The van der Waals surface area contributed by atoms with Crippen LogP contribution in [0.3, 0.4) is 0 Å². The highest BCUT2D eigenvalue weighted by Crippen LogP contribution is 2.33. The van der Waals surface area contributed by atoms with Crippen LogP contribution in [0.2, 0.25) is 0 Å². The maximum absolute atomic E-state index is 12.9. The fourth-order valence-corrected chi connectivity index (χ4v) is 3.65. The third-order valence-corrected chi connectivity index (χ3v) is 5.13. The topological polar surface area (TPSA) is 62.2 Å². The lowest BCUT2D eigenvalue weighted by Gasteiger charge is -2.38. The molecular formula is C18H26N2O4. The van der Waals surface area contributed by atoms with Gasteiger partial charge in [0.15, 0.2) is 11.5 Å². The van der Waals surface area contributed by atoms with E-state index in [2.05, 4.69) is 4.90 Å². The van der Waals surface area contributed by atoms with Crippen molar-refractivity contribution in [1.29, 1.82) is 0 Å². The standard InChI is InChI=1S/C18H26N2O4/c1-19-6-5-15(21)14(11-19)18(22)20-7-4-12-8-16(23-2)17(24-3)9-13(12)10-20/h8-9,14-15,21H,4-7,10-11H2,1-3H3/t14-,15-/m1/s1. The van der Waals surface area contributed by atoms with E-state index in [4.69, 9.17) is 9.47 Å². The van der Waals surface area contributed by atoms with E-state index in [1.54, 1.807) is 14.2 Å². The van der Waals surface area contributed by atoms with Crippen molar-refractivity contribution in [1.82, 2.24) is 9.80 Å². The highest BCUT2D eigenvalue weighted by Gasteiger charge is 2.35. The molecule has 2 aliphatic heterocycles. The van der Waals surface area contributed by atoms with Crippen LogP contribution in [0.15, 0.2) is 12.1 Å². The minimum atomic E-state index is -0.541. The van der Waals surface area contributed by atoms with Crippen molar-refractivity contribution in [3.63, 3.8) is 0 Å². The van der Waals surface area contributed by atoms with Gasteiger partial charge in [0.05, 0.1) is 26.2 Å². The zero-order valence-corrected chi connectivity index (χ0v) is 14.6. The van der Waals surface area contributed by atoms with Crippen molar-refractivity contribution in [2.75, 3.05) is 40.9 Å². The quantitative estimate of drug-likeness (QED) is 0.890. The summed E-state index contributed by atoms with van der Waals surface area (Å²) in [5, 5.41) is 10.2. The molecule has 1 saturated heterocycles. The molecule has 1 fully saturated rings. The van der Waals surface area contributed by atoms with Gasteiger partial charge in [-0.1, -0.05) is 0 Å². The molecule has 1 N–H and O–H groups in total. The van der Waals surface area contributed by atoms with Crippen LogP contribution in [0.1, 0.15) is 17.5 Å². The molecule has 132 valence electrons. The highest BCUT2D eigenvalue weighted by atomic mass is 16.5. The first-order valence-electron chi connectivity index (χ1n) is 8.42. The van der Waals surface area contributed by atoms with E-state index in [9.17, 15) is 9.90 Å². The number of amides is 1. The molecule has 0 saturated carbocycles. The molecule has 3 rings (SSSR count). The number of hydrogen-bond acceptors (Lipinski definition) is 5. The Bertz CT molecular complexity index is 619. The molecule has 24 heavy (non-hydrogen) atoms. The van der Waals surface area contributed by atoms with Crippen LogP contribution in [0, 0.1) is 5.92 Å². The minimum absolute atomic E-state index is 0.0504. The Kier molecular flexibility index (Phi) is 4.96. The lowest BCUT2D eigenvalue weighted by atomic mass is 9.91. The van der Waals surface area contributed by atoms with Gasteiger partial charge in [0, 0.05) is 26.2 Å². The number of benzene rings is 1. The van der Waals surface area contributed by atoms with Crippen LogP contribution in [0.25, 0.3) is 0 Å². The summed E-state index contributed by atoms with van der Waals surface area (Å²) in [5.74, 6) is 1.13. The smallest absolute Gasteiger partial charge is 0.229 e. The number of fused-ring (bicyclic) bond motifs is 1. The molecule has 1 aromatic rings. The molecule has 6 nitrogen and oxygen atoms in total. The van der Waals surface area contributed by atoms with Crippen LogP contribution >= 0.6 is 0 Å². The van der Waals surface area contributed by atoms with Gasteiger partial charge in [0.2, 0.25) is 5.91 Å². The fraction of sp³-hybridized carbons (Fsp3) is 0.611. The fourth-order valence-electron chi connectivity index (χ4n) is 3.65. The van der Waals surface area contributed by atoms with E-state index < -0.39 is 6.10 Å². The minimum Gasteiger partial charge on any atom is -0.493 e. The van der Waals surface area contributed by atoms with E-state index in [0.717, 1.165) is 24.3 Å². The highest BCUT2D eigenvalue weighted by molar-refractivity contribution is 5.80. The first kappa shape index (κ1) is 17.0.